The highest BCUT2D eigenvalue weighted by Gasteiger charge is 2.53. The van der Waals surface area contributed by atoms with Crippen molar-refractivity contribution in [3.05, 3.63) is 54.0 Å². The molecule has 1 unspecified atom stereocenters. The van der Waals surface area contributed by atoms with Crippen LogP contribution in [0.2, 0.25) is 0 Å². The van der Waals surface area contributed by atoms with Crippen LogP contribution >= 0.6 is 0 Å². The van der Waals surface area contributed by atoms with Gasteiger partial charge in [-0.25, -0.2) is 18.4 Å². The number of sulfone groups is 1. The molecule has 29 heavy (non-hydrogen) atoms. The van der Waals surface area contributed by atoms with E-state index in [0.29, 0.717) is 11.3 Å². The molecule has 7 nitrogen and oxygen atoms in total. The third-order valence-corrected chi connectivity index (χ3v) is 6.93. The molecule has 4 rings (SSSR count). The fraction of sp³-hybridized carbons (Fsp3) is 0.429. The molecule has 1 aliphatic carbocycles. The van der Waals surface area contributed by atoms with Crippen molar-refractivity contribution >= 4 is 21.5 Å². The van der Waals surface area contributed by atoms with Gasteiger partial charge < -0.3 is 16.4 Å². The maximum atomic E-state index is 11.1. The summed E-state index contributed by atoms with van der Waals surface area (Å²) in [4.78, 5) is 11.5. The Labute approximate surface area is 172 Å². The minimum Gasteiger partial charge on any atom is -0.403 e. The third kappa shape index (κ3) is 4.87. The first kappa shape index (κ1) is 21.1. The lowest BCUT2D eigenvalue weighted by Crippen LogP contribution is -2.25. The van der Waals surface area contributed by atoms with E-state index in [1.807, 2.05) is 12.4 Å². The average Bonchev–Trinajstić information content (AvgIpc) is 3.13. The molecule has 4 N–H and O–H groups in total. The molecule has 0 spiro atoms. The first-order valence-electron chi connectivity index (χ1n) is 9.78. The van der Waals surface area contributed by atoms with Gasteiger partial charge in [-0.1, -0.05) is 26.0 Å². The van der Waals surface area contributed by atoms with E-state index in [-0.39, 0.29) is 4.90 Å². The summed E-state index contributed by atoms with van der Waals surface area (Å²) in [5, 5.41) is 0. The van der Waals surface area contributed by atoms with E-state index >= 15 is 0 Å². The Bertz CT molecular complexity index is 959. The summed E-state index contributed by atoms with van der Waals surface area (Å²) in [6.45, 7) is 6.81. The Hall–Kier alpha value is -2.61. The van der Waals surface area contributed by atoms with E-state index in [4.69, 9.17) is 11.5 Å². The second-order valence-electron chi connectivity index (χ2n) is 7.76. The third-order valence-electron chi connectivity index (χ3n) is 5.80. The minimum absolute atomic E-state index is 0.270. The first-order valence-corrected chi connectivity index (χ1v) is 11.7. The molecule has 0 amide bonds. The van der Waals surface area contributed by atoms with Gasteiger partial charge in [0.25, 0.3) is 0 Å². The number of fused-ring (bicyclic) bond motifs is 1. The molecule has 1 saturated carbocycles. The zero-order chi connectivity index (χ0) is 21.2. The van der Waals surface area contributed by atoms with Gasteiger partial charge in [0.2, 0.25) is 5.95 Å². The van der Waals surface area contributed by atoms with E-state index in [9.17, 15) is 8.42 Å². The normalized spacial score (nSPS) is 23.2. The second kappa shape index (κ2) is 8.41. The number of nitrogens with zero attached hydrogens (tertiary/aromatic N) is 3. The van der Waals surface area contributed by atoms with Gasteiger partial charge in [0.1, 0.15) is 0 Å². The monoisotopic (exact) mass is 415 g/mol. The topological polar surface area (TPSA) is 115 Å². The van der Waals surface area contributed by atoms with Crippen molar-refractivity contribution in [2.24, 2.45) is 29.2 Å². The lowest BCUT2D eigenvalue weighted by molar-refractivity contribution is 0.602. The lowest BCUT2D eigenvalue weighted by atomic mass is 10.2. The van der Waals surface area contributed by atoms with E-state index in [0.717, 1.165) is 49.5 Å². The summed E-state index contributed by atoms with van der Waals surface area (Å²) in [5.74, 6) is 3.70. The number of nitrogens with two attached hydrogens (primary N) is 2. The van der Waals surface area contributed by atoms with Crippen molar-refractivity contribution in [3.63, 3.8) is 0 Å². The Kier molecular flexibility index (Phi) is 6.12. The number of aryl methyl sites for hydroxylation is 1. The van der Waals surface area contributed by atoms with Crippen molar-refractivity contribution in [1.29, 1.82) is 0 Å². The highest BCUT2D eigenvalue weighted by atomic mass is 32.2. The second-order valence-corrected chi connectivity index (χ2v) is 9.77. The molecule has 0 bridgehead atoms. The summed E-state index contributed by atoms with van der Waals surface area (Å²) >= 11 is 0. The van der Waals surface area contributed by atoms with Crippen LogP contribution in [0.1, 0.15) is 25.0 Å². The smallest absolute Gasteiger partial charge is 0.225 e. The highest BCUT2D eigenvalue weighted by molar-refractivity contribution is 7.90. The molecule has 0 radical (unpaired) electrons. The number of hydrogen-bond donors (Lipinski definition) is 2. The molecule has 2 aromatic rings. The van der Waals surface area contributed by atoms with Crippen LogP contribution in [0.3, 0.4) is 0 Å². The molecule has 1 aliphatic heterocycles. The van der Waals surface area contributed by atoms with E-state index in [1.54, 1.807) is 12.1 Å². The van der Waals surface area contributed by atoms with Crippen LogP contribution in [0.15, 0.2) is 47.8 Å². The van der Waals surface area contributed by atoms with Crippen molar-refractivity contribution in [2.45, 2.75) is 25.2 Å². The van der Waals surface area contributed by atoms with Crippen molar-refractivity contribution < 1.29 is 8.42 Å². The Morgan fingerprint density at radius 1 is 1.17 bits per heavy atom. The summed E-state index contributed by atoms with van der Waals surface area (Å²) in [7, 11) is -3.14. The minimum atomic E-state index is -3.14. The molecule has 2 heterocycles. The van der Waals surface area contributed by atoms with Crippen LogP contribution in [0.25, 0.3) is 5.70 Å². The summed E-state index contributed by atoms with van der Waals surface area (Å²) in [6, 6.07) is 6.24. The fourth-order valence-electron chi connectivity index (χ4n) is 3.67. The standard InChI is InChI=1S/C12H17N3.C9H12N2O2S/c1-3-9-4-13-12(14-5-9)15-6-10-8(2)11(10)7-15;1-14(12,13)8-4-2-7(3-5-8)9(11)6-10/h4-5,8,10-11H,3,6-7H2,1-2H3;2-6H,10-11H2,1H3/b;9-6-/t8?,10-,11+;. The van der Waals surface area contributed by atoms with Crippen LogP contribution in [0.5, 0.6) is 0 Å². The summed E-state index contributed by atoms with van der Waals surface area (Å²) in [5.41, 5.74) is 13.1. The number of benzene rings is 1. The predicted octanol–water partition coefficient (Wildman–Crippen LogP) is 2.05. The van der Waals surface area contributed by atoms with Gasteiger partial charge in [-0.05, 0) is 47.4 Å². The zero-order valence-electron chi connectivity index (χ0n) is 17.1. The molecule has 1 aromatic carbocycles. The lowest BCUT2D eigenvalue weighted by Gasteiger charge is -2.18. The number of anilines is 1. The van der Waals surface area contributed by atoms with Gasteiger partial charge in [0, 0.05) is 37.9 Å². The van der Waals surface area contributed by atoms with Gasteiger partial charge >= 0.3 is 0 Å². The highest BCUT2D eigenvalue weighted by Crippen LogP contribution is 2.51. The molecule has 8 heteroatoms. The molecular weight excluding hydrogens is 386 g/mol. The van der Waals surface area contributed by atoms with Gasteiger partial charge in [0.05, 0.1) is 10.6 Å². The van der Waals surface area contributed by atoms with Crippen molar-refractivity contribution in [1.82, 2.24) is 9.97 Å². The van der Waals surface area contributed by atoms with E-state index in [1.165, 1.54) is 23.9 Å². The average molecular weight is 416 g/mol. The number of rotatable bonds is 4. The molecule has 1 aromatic heterocycles. The summed E-state index contributed by atoms with van der Waals surface area (Å²) < 4.78 is 22.2. The van der Waals surface area contributed by atoms with Gasteiger partial charge in [-0.2, -0.15) is 0 Å². The molecular formula is C21H29N5O2S. The molecule has 1 saturated heterocycles. The number of hydrogen-bond acceptors (Lipinski definition) is 7. The maximum Gasteiger partial charge on any atom is 0.225 e. The van der Waals surface area contributed by atoms with Crippen molar-refractivity contribution in [3.8, 4) is 0 Å². The Balaban J connectivity index is 0.000000166. The Morgan fingerprint density at radius 2 is 1.72 bits per heavy atom. The Morgan fingerprint density at radius 3 is 2.17 bits per heavy atom. The molecule has 2 aliphatic rings. The molecule has 2 fully saturated rings. The quantitative estimate of drug-likeness (QED) is 0.785. The van der Waals surface area contributed by atoms with Gasteiger partial charge in [-0.15, -0.1) is 0 Å². The van der Waals surface area contributed by atoms with Crippen LogP contribution in [0, 0.1) is 17.8 Å². The van der Waals surface area contributed by atoms with Crippen LogP contribution in [0.4, 0.5) is 5.95 Å². The maximum absolute atomic E-state index is 11.1. The SMILES string of the molecule is CCc1cnc(N2C[C@@H]3C(C)[C@@H]3C2)nc1.CS(=O)(=O)c1ccc(/C(N)=C/N)cc1. The molecule has 156 valence electrons. The van der Waals surface area contributed by atoms with Gasteiger partial charge in [-0.3, -0.25) is 0 Å². The van der Waals surface area contributed by atoms with Gasteiger partial charge in [0.15, 0.2) is 9.84 Å². The van der Waals surface area contributed by atoms with Crippen LogP contribution in [-0.4, -0.2) is 37.7 Å². The fourth-order valence-corrected chi connectivity index (χ4v) is 4.30. The van der Waals surface area contributed by atoms with Crippen LogP contribution < -0.4 is 16.4 Å². The number of aromatic nitrogens is 2. The van der Waals surface area contributed by atoms with E-state index in [2.05, 4.69) is 28.7 Å². The molecule has 3 atom stereocenters. The number of piperidine rings is 1. The first-order chi connectivity index (χ1) is 13.7. The van der Waals surface area contributed by atoms with E-state index < -0.39 is 9.84 Å². The predicted molar refractivity (Wildman–Crippen MR) is 116 cm³/mol. The largest absolute Gasteiger partial charge is 0.403 e. The van der Waals surface area contributed by atoms with Crippen molar-refractivity contribution in [2.75, 3.05) is 24.2 Å². The summed E-state index contributed by atoms with van der Waals surface area (Å²) in [6.07, 6.45) is 7.35. The van der Waals surface area contributed by atoms with Crippen LogP contribution in [-0.2, 0) is 16.3 Å². The zero-order valence-corrected chi connectivity index (χ0v) is 17.9.